The molecule has 0 saturated heterocycles. The van der Waals surface area contributed by atoms with Crippen LogP contribution in [0.1, 0.15) is 0 Å². The molecule has 0 aliphatic rings. The van der Waals surface area contributed by atoms with Crippen molar-refractivity contribution in [2.75, 3.05) is 11.0 Å². The first-order valence-corrected chi connectivity index (χ1v) is 4.58. The molecule has 0 aliphatic heterocycles. The number of nitrogens with zero attached hydrogens (tertiary/aromatic N) is 4. The van der Waals surface area contributed by atoms with Crippen LogP contribution in [-0.2, 0) is 17.1 Å². The SMILES string of the molecule is Cn1nnc(NS(C)(=O)=O)n1. The molecule has 0 saturated carbocycles. The largest absolute Gasteiger partial charge is 0.276 e. The summed E-state index contributed by atoms with van der Waals surface area (Å²) < 4.78 is 23.2. The second-order valence-corrected chi connectivity index (χ2v) is 3.73. The van der Waals surface area contributed by atoms with Gasteiger partial charge in [-0.2, -0.15) is 4.80 Å². The summed E-state index contributed by atoms with van der Waals surface area (Å²) in [5.41, 5.74) is 0. The zero-order chi connectivity index (χ0) is 8.48. The summed E-state index contributed by atoms with van der Waals surface area (Å²) in [7, 11) is -1.75. The van der Waals surface area contributed by atoms with Crippen molar-refractivity contribution in [2.45, 2.75) is 0 Å². The maximum absolute atomic E-state index is 10.6. The third-order valence-corrected chi connectivity index (χ3v) is 1.34. The lowest BCUT2D eigenvalue weighted by molar-refractivity contribution is 0.606. The fourth-order valence-corrected chi connectivity index (χ4v) is 0.904. The van der Waals surface area contributed by atoms with E-state index in [9.17, 15) is 8.42 Å². The molecule has 0 fully saturated rings. The highest BCUT2D eigenvalue weighted by molar-refractivity contribution is 7.91. The quantitative estimate of drug-likeness (QED) is 0.599. The average molecular weight is 177 g/mol. The van der Waals surface area contributed by atoms with Crippen LogP contribution in [0.3, 0.4) is 0 Å². The summed E-state index contributed by atoms with van der Waals surface area (Å²) in [4.78, 5) is 1.16. The van der Waals surface area contributed by atoms with E-state index in [1.807, 2.05) is 0 Å². The molecular formula is C3H7N5O2S. The maximum Gasteiger partial charge on any atom is 0.276 e. The Kier molecular flexibility index (Phi) is 1.77. The molecule has 0 radical (unpaired) electrons. The van der Waals surface area contributed by atoms with Crippen LogP contribution in [-0.4, -0.2) is 34.9 Å². The Bertz CT molecular complexity index is 340. The van der Waals surface area contributed by atoms with Gasteiger partial charge in [-0.25, -0.2) is 13.1 Å². The van der Waals surface area contributed by atoms with Crippen molar-refractivity contribution in [1.29, 1.82) is 0 Å². The predicted molar refractivity (Wildman–Crippen MR) is 37.3 cm³/mol. The number of tetrazole rings is 1. The molecule has 62 valence electrons. The van der Waals surface area contributed by atoms with Gasteiger partial charge in [-0.1, -0.05) is 5.10 Å². The van der Waals surface area contributed by atoms with Crippen molar-refractivity contribution < 1.29 is 8.42 Å². The first kappa shape index (κ1) is 7.92. The van der Waals surface area contributed by atoms with Crippen molar-refractivity contribution in [3.63, 3.8) is 0 Å². The number of rotatable bonds is 2. The van der Waals surface area contributed by atoms with Gasteiger partial charge in [-0.05, 0) is 5.21 Å². The van der Waals surface area contributed by atoms with Crippen LogP contribution < -0.4 is 4.72 Å². The lowest BCUT2D eigenvalue weighted by Gasteiger charge is -1.93. The summed E-state index contributed by atoms with van der Waals surface area (Å²) in [5.74, 6) is -0.0185. The number of hydrogen-bond acceptors (Lipinski definition) is 5. The van der Waals surface area contributed by atoms with Crippen LogP contribution in [0, 0.1) is 0 Å². The Morgan fingerprint density at radius 2 is 2.18 bits per heavy atom. The van der Waals surface area contributed by atoms with Crippen molar-refractivity contribution in [3.8, 4) is 0 Å². The summed E-state index contributed by atoms with van der Waals surface area (Å²) in [6.07, 6.45) is 1.02. The van der Waals surface area contributed by atoms with E-state index >= 15 is 0 Å². The van der Waals surface area contributed by atoms with Crippen LogP contribution in [0.15, 0.2) is 0 Å². The van der Waals surface area contributed by atoms with Gasteiger partial charge in [0.2, 0.25) is 10.0 Å². The zero-order valence-electron chi connectivity index (χ0n) is 6.01. The maximum atomic E-state index is 10.6. The first-order valence-electron chi connectivity index (χ1n) is 2.69. The fourth-order valence-electron chi connectivity index (χ4n) is 0.491. The lowest BCUT2D eigenvalue weighted by Crippen LogP contribution is -2.10. The smallest absolute Gasteiger partial charge is 0.249 e. The molecule has 0 aromatic carbocycles. The van der Waals surface area contributed by atoms with Gasteiger partial charge in [0, 0.05) is 0 Å². The molecule has 7 nitrogen and oxygen atoms in total. The van der Waals surface area contributed by atoms with Crippen molar-refractivity contribution >= 4 is 16.0 Å². The normalized spacial score (nSPS) is 11.5. The van der Waals surface area contributed by atoms with Gasteiger partial charge in [-0.15, -0.1) is 5.10 Å². The molecule has 1 aromatic rings. The van der Waals surface area contributed by atoms with Crippen molar-refractivity contribution in [3.05, 3.63) is 0 Å². The molecule has 0 amide bonds. The molecule has 11 heavy (non-hydrogen) atoms. The minimum absolute atomic E-state index is 0.0185. The second kappa shape index (κ2) is 2.46. The monoisotopic (exact) mass is 177 g/mol. The summed E-state index contributed by atoms with van der Waals surface area (Å²) >= 11 is 0. The molecule has 1 aromatic heterocycles. The van der Waals surface area contributed by atoms with Crippen LogP contribution in [0.5, 0.6) is 0 Å². The Hall–Kier alpha value is -1.18. The fraction of sp³-hybridized carbons (Fsp3) is 0.667. The van der Waals surface area contributed by atoms with Gasteiger partial charge in [0.15, 0.2) is 0 Å². The van der Waals surface area contributed by atoms with E-state index in [1.54, 1.807) is 7.05 Å². The van der Waals surface area contributed by atoms with E-state index in [4.69, 9.17) is 0 Å². The van der Waals surface area contributed by atoms with Gasteiger partial charge >= 0.3 is 0 Å². The number of sulfonamides is 1. The van der Waals surface area contributed by atoms with Gasteiger partial charge in [0.25, 0.3) is 5.95 Å². The highest BCUT2D eigenvalue weighted by Gasteiger charge is 2.05. The number of hydrogen-bond donors (Lipinski definition) is 1. The third-order valence-electron chi connectivity index (χ3n) is 0.785. The Morgan fingerprint density at radius 3 is 2.55 bits per heavy atom. The number of aromatic nitrogens is 4. The topological polar surface area (TPSA) is 89.8 Å². The molecule has 0 atom stereocenters. The summed E-state index contributed by atoms with van der Waals surface area (Å²) in [5, 5.41) is 10.4. The van der Waals surface area contributed by atoms with E-state index in [2.05, 4.69) is 20.1 Å². The Labute approximate surface area is 63.5 Å². The van der Waals surface area contributed by atoms with Crippen molar-refractivity contribution in [1.82, 2.24) is 20.2 Å². The highest BCUT2D eigenvalue weighted by atomic mass is 32.2. The van der Waals surface area contributed by atoms with Gasteiger partial charge in [0.05, 0.1) is 13.3 Å². The van der Waals surface area contributed by atoms with E-state index in [0.29, 0.717) is 0 Å². The van der Waals surface area contributed by atoms with Crippen LogP contribution >= 0.6 is 0 Å². The van der Waals surface area contributed by atoms with Crippen molar-refractivity contribution in [2.24, 2.45) is 7.05 Å². The minimum atomic E-state index is -3.29. The number of nitrogens with one attached hydrogen (secondary N) is 1. The lowest BCUT2D eigenvalue weighted by atomic mass is 11.1. The predicted octanol–water partition coefficient (Wildman–Crippen LogP) is -1.42. The molecule has 0 bridgehead atoms. The Morgan fingerprint density at radius 1 is 1.55 bits per heavy atom. The number of anilines is 1. The molecule has 0 spiro atoms. The van der Waals surface area contributed by atoms with E-state index in [-0.39, 0.29) is 5.95 Å². The molecule has 1 N–H and O–H groups in total. The molecule has 0 unspecified atom stereocenters. The third kappa shape index (κ3) is 2.50. The highest BCUT2D eigenvalue weighted by Crippen LogP contribution is 1.94. The number of aryl methyl sites for hydroxylation is 1. The average Bonchev–Trinajstić information content (AvgIpc) is 2.10. The van der Waals surface area contributed by atoms with E-state index < -0.39 is 10.0 Å². The van der Waals surface area contributed by atoms with Gasteiger partial charge in [-0.3, -0.25) is 0 Å². The molecular weight excluding hydrogens is 170 g/mol. The Balaban J connectivity index is 2.81. The summed E-state index contributed by atoms with van der Waals surface area (Å²) in [6.45, 7) is 0. The first-order chi connectivity index (χ1) is 4.97. The minimum Gasteiger partial charge on any atom is -0.249 e. The van der Waals surface area contributed by atoms with Gasteiger partial charge < -0.3 is 0 Å². The van der Waals surface area contributed by atoms with Gasteiger partial charge in [0.1, 0.15) is 0 Å². The van der Waals surface area contributed by atoms with E-state index in [0.717, 1.165) is 11.1 Å². The standard InChI is InChI=1S/C3H7N5O2S/c1-8-5-3(4-7-8)6-11(2,9)10/h1-2H3,(H,5,6). The van der Waals surface area contributed by atoms with Crippen LogP contribution in [0.25, 0.3) is 0 Å². The van der Waals surface area contributed by atoms with E-state index in [1.165, 1.54) is 0 Å². The molecule has 8 heteroatoms. The molecule has 0 aliphatic carbocycles. The van der Waals surface area contributed by atoms with Crippen LogP contribution in [0.2, 0.25) is 0 Å². The van der Waals surface area contributed by atoms with Crippen LogP contribution in [0.4, 0.5) is 5.95 Å². The molecule has 1 heterocycles. The second-order valence-electron chi connectivity index (χ2n) is 1.98. The zero-order valence-corrected chi connectivity index (χ0v) is 6.83. The summed E-state index contributed by atoms with van der Waals surface area (Å²) in [6, 6.07) is 0. The molecule has 1 rings (SSSR count).